The molecular weight excluding hydrogens is 408 g/mol. The van der Waals surface area contributed by atoms with Gasteiger partial charge in [-0.05, 0) is 44.0 Å². The highest BCUT2D eigenvalue weighted by Crippen LogP contribution is 2.18. The lowest BCUT2D eigenvalue weighted by molar-refractivity contribution is 0.111. The number of carbonyl (C=O) groups is 1. The summed E-state index contributed by atoms with van der Waals surface area (Å²) in [5.41, 5.74) is 0.853. The van der Waals surface area contributed by atoms with Crippen LogP contribution in [0.5, 0.6) is 0 Å². The molecule has 1 fully saturated rings. The Balaban J connectivity index is 1.50. The van der Waals surface area contributed by atoms with Gasteiger partial charge in [-0.15, -0.1) is 0 Å². The van der Waals surface area contributed by atoms with E-state index in [-0.39, 0.29) is 12.1 Å². The maximum atomic E-state index is 11.6. The van der Waals surface area contributed by atoms with E-state index in [4.69, 9.17) is 20.9 Å². The van der Waals surface area contributed by atoms with Crippen molar-refractivity contribution in [3.63, 3.8) is 0 Å². The molecule has 2 aromatic rings. The fourth-order valence-electron chi connectivity index (χ4n) is 3.18. The number of methoxy groups -OCH3 is 1. The van der Waals surface area contributed by atoms with Crippen LogP contribution in [0, 0.1) is 0 Å². The number of piperidine rings is 1. The minimum Gasteiger partial charge on any atom is -0.453 e. The largest absolute Gasteiger partial charge is 0.453 e. The third-order valence-electron chi connectivity index (χ3n) is 4.78. The highest BCUT2D eigenvalue weighted by atomic mass is 35.5. The van der Waals surface area contributed by atoms with Crippen molar-refractivity contribution < 1.29 is 14.1 Å². The molecule has 0 aliphatic carbocycles. The second kappa shape index (κ2) is 10.8. The van der Waals surface area contributed by atoms with Crippen LogP contribution in [0.25, 0.3) is 11.4 Å². The molecule has 0 radical (unpaired) electrons. The maximum Gasteiger partial charge on any atom is 0.409 e. The molecule has 2 N–H and O–H groups in total. The molecule has 1 aromatic carbocycles. The number of carbonyl (C=O) groups excluding carboxylic acids is 1. The summed E-state index contributed by atoms with van der Waals surface area (Å²) >= 11 is 5.91. The molecule has 0 spiro atoms. The first-order valence-electron chi connectivity index (χ1n) is 10.0. The summed E-state index contributed by atoms with van der Waals surface area (Å²) in [6.45, 7) is 4.62. The van der Waals surface area contributed by atoms with Crippen molar-refractivity contribution in [2.24, 2.45) is 4.99 Å². The molecule has 1 amide bonds. The van der Waals surface area contributed by atoms with Gasteiger partial charge in [-0.25, -0.2) is 4.79 Å². The van der Waals surface area contributed by atoms with Gasteiger partial charge in [0.15, 0.2) is 5.96 Å². The number of hydrogen-bond acceptors (Lipinski definition) is 6. The molecule has 2 heterocycles. The van der Waals surface area contributed by atoms with Gasteiger partial charge in [-0.3, -0.25) is 4.99 Å². The Labute approximate surface area is 180 Å². The summed E-state index contributed by atoms with van der Waals surface area (Å²) in [4.78, 5) is 22.4. The third-order valence-corrected chi connectivity index (χ3v) is 5.03. The average molecular weight is 435 g/mol. The van der Waals surface area contributed by atoms with Gasteiger partial charge < -0.3 is 24.8 Å². The molecular formula is C20H27ClN6O3. The summed E-state index contributed by atoms with van der Waals surface area (Å²) in [5, 5.41) is 11.4. The van der Waals surface area contributed by atoms with E-state index in [1.54, 1.807) is 17.0 Å². The minimum atomic E-state index is -0.272. The van der Waals surface area contributed by atoms with Crippen LogP contribution in [0.15, 0.2) is 33.8 Å². The van der Waals surface area contributed by atoms with E-state index in [1.807, 2.05) is 19.1 Å². The molecule has 0 bridgehead atoms. The highest BCUT2D eigenvalue weighted by molar-refractivity contribution is 6.30. The molecule has 1 saturated heterocycles. The van der Waals surface area contributed by atoms with Crippen LogP contribution < -0.4 is 10.6 Å². The summed E-state index contributed by atoms with van der Waals surface area (Å²) in [6.07, 6.45) is 1.95. The van der Waals surface area contributed by atoms with E-state index in [2.05, 4.69) is 25.8 Å². The van der Waals surface area contributed by atoms with Crippen molar-refractivity contribution in [3.8, 4) is 11.4 Å². The van der Waals surface area contributed by atoms with Crippen LogP contribution in [0.3, 0.4) is 0 Å². The normalized spacial score (nSPS) is 15.2. The average Bonchev–Trinajstić information content (AvgIpc) is 3.23. The summed E-state index contributed by atoms with van der Waals surface area (Å²) < 4.78 is 10.1. The quantitative estimate of drug-likeness (QED) is 0.532. The number of nitrogens with one attached hydrogen (secondary N) is 2. The second-order valence-electron chi connectivity index (χ2n) is 6.90. The Morgan fingerprint density at radius 1 is 1.33 bits per heavy atom. The summed E-state index contributed by atoms with van der Waals surface area (Å²) in [6, 6.07) is 7.55. The van der Waals surface area contributed by atoms with Crippen LogP contribution in [0.2, 0.25) is 5.02 Å². The van der Waals surface area contributed by atoms with Crippen molar-refractivity contribution in [2.45, 2.75) is 32.2 Å². The monoisotopic (exact) mass is 434 g/mol. The lowest BCUT2D eigenvalue weighted by atomic mass is 10.1. The molecule has 1 aliphatic heterocycles. The Bertz CT molecular complexity index is 846. The number of hydrogen-bond donors (Lipinski definition) is 2. The number of halogens is 1. The van der Waals surface area contributed by atoms with Crippen LogP contribution in [-0.2, 0) is 11.2 Å². The number of aromatic nitrogens is 2. The van der Waals surface area contributed by atoms with Crippen molar-refractivity contribution in [1.29, 1.82) is 0 Å². The van der Waals surface area contributed by atoms with Crippen LogP contribution >= 0.6 is 11.6 Å². The van der Waals surface area contributed by atoms with Crippen LogP contribution in [-0.4, -0.2) is 66.4 Å². The highest BCUT2D eigenvalue weighted by Gasteiger charge is 2.23. The first-order chi connectivity index (χ1) is 14.6. The molecule has 162 valence electrons. The molecule has 3 rings (SSSR count). The van der Waals surface area contributed by atoms with Crippen molar-refractivity contribution in [1.82, 2.24) is 25.7 Å². The number of ether oxygens (including phenoxy) is 1. The molecule has 0 unspecified atom stereocenters. The topological polar surface area (TPSA) is 105 Å². The lowest BCUT2D eigenvalue weighted by Gasteiger charge is -2.32. The first kappa shape index (κ1) is 21.9. The van der Waals surface area contributed by atoms with E-state index in [0.29, 0.717) is 42.8 Å². The number of guanidine groups is 1. The van der Waals surface area contributed by atoms with Gasteiger partial charge in [0.2, 0.25) is 11.7 Å². The number of nitrogens with zero attached hydrogens (tertiary/aromatic N) is 4. The van der Waals surface area contributed by atoms with Gasteiger partial charge in [0.25, 0.3) is 0 Å². The van der Waals surface area contributed by atoms with E-state index < -0.39 is 0 Å². The fourth-order valence-corrected chi connectivity index (χ4v) is 3.31. The zero-order valence-electron chi connectivity index (χ0n) is 17.2. The number of amides is 1. The molecule has 9 nitrogen and oxygen atoms in total. The van der Waals surface area contributed by atoms with Gasteiger partial charge in [-0.1, -0.05) is 16.8 Å². The molecule has 0 atom stereocenters. The molecule has 1 aliphatic rings. The minimum absolute atomic E-state index is 0.253. The fraction of sp³-hybridized carbons (Fsp3) is 0.500. The van der Waals surface area contributed by atoms with Crippen molar-refractivity contribution in [3.05, 3.63) is 35.2 Å². The SMILES string of the molecule is CCNC(=NCCc1nc(-c2ccc(Cl)cc2)no1)NC1CCN(C(=O)OC)CC1. The standard InChI is InChI=1S/C20H27ClN6O3/c1-3-22-19(24-16-9-12-27(13-10-16)20(28)29-2)23-11-8-17-25-18(26-30-17)14-4-6-15(21)7-5-14/h4-7,16H,3,8-13H2,1-2H3,(H2,22,23,24). The van der Waals surface area contributed by atoms with E-state index >= 15 is 0 Å². The maximum absolute atomic E-state index is 11.6. The smallest absolute Gasteiger partial charge is 0.409 e. The van der Waals surface area contributed by atoms with Gasteiger partial charge >= 0.3 is 6.09 Å². The summed E-state index contributed by atoms with van der Waals surface area (Å²) in [5.74, 6) is 1.81. The van der Waals surface area contributed by atoms with E-state index in [1.165, 1.54) is 7.11 Å². The Morgan fingerprint density at radius 2 is 2.07 bits per heavy atom. The van der Waals surface area contributed by atoms with Gasteiger partial charge in [0, 0.05) is 42.7 Å². The van der Waals surface area contributed by atoms with Crippen molar-refractivity contribution >= 4 is 23.7 Å². The predicted molar refractivity (Wildman–Crippen MR) is 115 cm³/mol. The first-order valence-corrected chi connectivity index (χ1v) is 10.4. The van der Waals surface area contributed by atoms with E-state index in [9.17, 15) is 4.79 Å². The van der Waals surface area contributed by atoms with Crippen molar-refractivity contribution in [2.75, 3.05) is 33.3 Å². The predicted octanol–water partition coefficient (Wildman–Crippen LogP) is 2.72. The molecule has 1 aromatic heterocycles. The number of likely N-dealkylation sites (tertiary alicyclic amines) is 1. The number of rotatable bonds is 6. The van der Waals surface area contributed by atoms with E-state index in [0.717, 1.165) is 30.9 Å². The molecule has 0 saturated carbocycles. The van der Waals surface area contributed by atoms with Crippen LogP contribution in [0.4, 0.5) is 4.79 Å². The number of benzene rings is 1. The summed E-state index contributed by atoms with van der Waals surface area (Å²) in [7, 11) is 1.41. The third kappa shape index (κ3) is 6.09. The second-order valence-corrected chi connectivity index (χ2v) is 7.34. The van der Waals surface area contributed by atoms with Gasteiger partial charge in [0.05, 0.1) is 13.7 Å². The molecule has 10 heteroatoms. The molecule has 30 heavy (non-hydrogen) atoms. The Morgan fingerprint density at radius 3 is 2.73 bits per heavy atom. The zero-order valence-corrected chi connectivity index (χ0v) is 18.0. The zero-order chi connectivity index (χ0) is 21.3. The Kier molecular flexibility index (Phi) is 7.89. The number of aliphatic imine (C=N–C) groups is 1. The Hall–Kier alpha value is -2.81. The van der Waals surface area contributed by atoms with Gasteiger partial charge in [-0.2, -0.15) is 4.98 Å². The lowest BCUT2D eigenvalue weighted by Crippen LogP contribution is -2.49. The van der Waals surface area contributed by atoms with Gasteiger partial charge in [0.1, 0.15) is 0 Å². The van der Waals surface area contributed by atoms with Crippen LogP contribution in [0.1, 0.15) is 25.7 Å².